The van der Waals surface area contributed by atoms with Gasteiger partial charge >= 0.3 is 0 Å². The first-order valence-corrected chi connectivity index (χ1v) is 6.38. The number of hydrogen-bond donors (Lipinski definition) is 1. The number of likely N-dealkylation sites (tertiary alicyclic amines) is 1. The fourth-order valence-electron chi connectivity index (χ4n) is 2.40. The van der Waals surface area contributed by atoms with Gasteiger partial charge in [0.15, 0.2) is 0 Å². The molecule has 1 aromatic rings. The minimum Gasteiger partial charge on any atom is -0.320 e. The van der Waals surface area contributed by atoms with Crippen LogP contribution in [0, 0.1) is 23.6 Å². The smallest absolute Gasteiger partial charge is 0.124 e. The van der Waals surface area contributed by atoms with E-state index >= 15 is 0 Å². The van der Waals surface area contributed by atoms with E-state index in [-0.39, 0.29) is 5.82 Å². The lowest BCUT2D eigenvalue weighted by Crippen LogP contribution is -2.19. The van der Waals surface area contributed by atoms with Gasteiger partial charge in [-0.1, -0.05) is 18.8 Å². The molecule has 1 fully saturated rings. The van der Waals surface area contributed by atoms with E-state index in [0.29, 0.717) is 12.1 Å². The Morgan fingerprint density at radius 3 is 2.94 bits per heavy atom. The Bertz CT molecular complexity index is 473. The Labute approximate surface area is 108 Å². The van der Waals surface area contributed by atoms with E-state index in [2.05, 4.69) is 23.7 Å². The maximum absolute atomic E-state index is 13.5. The molecule has 1 atom stereocenters. The fraction of sp³-hybridized carbons (Fsp3) is 0.467. The Hall–Kier alpha value is -1.37. The van der Waals surface area contributed by atoms with E-state index in [1.54, 1.807) is 6.07 Å². The third-order valence-corrected chi connectivity index (χ3v) is 3.21. The first-order valence-electron chi connectivity index (χ1n) is 6.38. The molecule has 96 valence electrons. The molecule has 0 bridgehead atoms. The molecule has 18 heavy (non-hydrogen) atoms. The molecular weight excluding hydrogens is 227 g/mol. The van der Waals surface area contributed by atoms with Gasteiger partial charge in [0, 0.05) is 18.7 Å². The molecule has 0 amide bonds. The van der Waals surface area contributed by atoms with E-state index in [1.807, 2.05) is 6.07 Å². The lowest BCUT2D eigenvalue weighted by Gasteiger charge is -2.15. The first kappa shape index (κ1) is 13.1. The molecule has 2 rings (SSSR count). The molecule has 1 aliphatic rings. The molecule has 1 heterocycles. The Morgan fingerprint density at radius 1 is 1.44 bits per heavy atom. The van der Waals surface area contributed by atoms with Crippen molar-refractivity contribution in [1.82, 2.24) is 4.90 Å². The second kappa shape index (κ2) is 5.99. The summed E-state index contributed by atoms with van der Waals surface area (Å²) in [4.78, 5) is 2.36. The fourth-order valence-corrected chi connectivity index (χ4v) is 2.40. The predicted octanol–water partition coefficient (Wildman–Crippen LogP) is 1.98. The number of nitrogens with zero attached hydrogens (tertiary/aromatic N) is 1. The molecule has 0 radical (unpaired) electrons. The van der Waals surface area contributed by atoms with Gasteiger partial charge in [-0.2, -0.15) is 0 Å². The predicted molar refractivity (Wildman–Crippen MR) is 71.4 cm³/mol. The second-order valence-electron chi connectivity index (χ2n) is 4.98. The summed E-state index contributed by atoms with van der Waals surface area (Å²) >= 11 is 0. The van der Waals surface area contributed by atoms with Gasteiger partial charge in [0.05, 0.1) is 6.54 Å². The highest BCUT2D eigenvalue weighted by atomic mass is 19.1. The van der Waals surface area contributed by atoms with Crippen molar-refractivity contribution in [3.8, 4) is 11.8 Å². The van der Waals surface area contributed by atoms with Crippen molar-refractivity contribution >= 4 is 0 Å². The van der Waals surface area contributed by atoms with Crippen LogP contribution in [0.15, 0.2) is 18.2 Å². The second-order valence-corrected chi connectivity index (χ2v) is 4.98. The van der Waals surface area contributed by atoms with Crippen LogP contribution < -0.4 is 5.73 Å². The van der Waals surface area contributed by atoms with Crippen molar-refractivity contribution < 1.29 is 4.39 Å². The lowest BCUT2D eigenvalue weighted by molar-refractivity contribution is 0.320. The summed E-state index contributed by atoms with van der Waals surface area (Å²) in [5, 5.41) is 0. The van der Waals surface area contributed by atoms with Crippen molar-refractivity contribution in [2.24, 2.45) is 11.7 Å². The summed E-state index contributed by atoms with van der Waals surface area (Å²) in [6.45, 7) is 5.56. The Kier molecular flexibility index (Phi) is 4.35. The highest BCUT2D eigenvalue weighted by Crippen LogP contribution is 2.18. The van der Waals surface area contributed by atoms with Crippen molar-refractivity contribution in [1.29, 1.82) is 0 Å². The summed E-state index contributed by atoms with van der Waals surface area (Å²) in [6, 6.07) is 5.00. The molecule has 0 aromatic heterocycles. The summed E-state index contributed by atoms with van der Waals surface area (Å²) < 4.78 is 13.5. The quantitative estimate of drug-likeness (QED) is 0.808. The van der Waals surface area contributed by atoms with E-state index in [0.717, 1.165) is 31.1 Å². The highest BCUT2D eigenvalue weighted by molar-refractivity contribution is 5.38. The molecule has 0 saturated carbocycles. The van der Waals surface area contributed by atoms with E-state index in [4.69, 9.17) is 5.73 Å². The number of hydrogen-bond acceptors (Lipinski definition) is 2. The van der Waals surface area contributed by atoms with Gasteiger partial charge in [-0.25, -0.2) is 4.39 Å². The van der Waals surface area contributed by atoms with Gasteiger partial charge < -0.3 is 5.73 Å². The van der Waals surface area contributed by atoms with Gasteiger partial charge in [-0.15, -0.1) is 0 Å². The van der Waals surface area contributed by atoms with Crippen LogP contribution in [0.5, 0.6) is 0 Å². The zero-order chi connectivity index (χ0) is 13.0. The minimum atomic E-state index is -0.221. The molecule has 0 spiro atoms. The standard InChI is InChI=1S/C15H19FN2/c1-12-4-6-18(10-12)11-14-7-13(3-2-5-17)8-15(16)9-14/h7-9,12H,4-6,10-11,17H2,1H3. The summed E-state index contributed by atoms with van der Waals surface area (Å²) in [5.74, 6) is 6.17. The molecular formula is C15H19FN2. The van der Waals surface area contributed by atoms with E-state index in [9.17, 15) is 4.39 Å². The zero-order valence-corrected chi connectivity index (χ0v) is 10.7. The van der Waals surface area contributed by atoms with Gasteiger partial charge in [0.25, 0.3) is 0 Å². The minimum absolute atomic E-state index is 0.221. The number of nitrogens with two attached hydrogens (primary N) is 1. The topological polar surface area (TPSA) is 29.3 Å². The molecule has 2 N–H and O–H groups in total. The largest absolute Gasteiger partial charge is 0.320 e. The number of rotatable bonds is 2. The van der Waals surface area contributed by atoms with Gasteiger partial charge in [-0.05, 0) is 42.6 Å². The average molecular weight is 246 g/mol. The lowest BCUT2D eigenvalue weighted by atomic mass is 10.1. The van der Waals surface area contributed by atoms with Gasteiger partial charge in [-0.3, -0.25) is 4.90 Å². The van der Waals surface area contributed by atoms with Gasteiger partial charge in [0.2, 0.25) is 0 Å². The van der Waals surface area contributed by atoms with Gasteiger partial charge in [0.1, 0.15) is 5.82 Å². The Morgan fingerprint density at radius 2 is 2.28 bits per heavy atom. The summed E-state index contributed by atoms with van der Waals surface area (Å²) in [5.41, 5.74) is 7.03. The highest BCUT2D eigenvalue weighted by Gasteiger charge is 2.18. The van der Waals surface area contributed by atoms with Crippen LogP contribution in [0.3, 0.4) is 0 Å². The molecule has 1 aromatic carbocycles. The monoisotopic (exact) mass is 246 g/mol. The van der Waals surface area contributed by atoms with E-state index < -0.39 is 0 Å². The molecule has 0 aliphatic carbocycles. The van der Waals surface area contributed by atoms with Crippen LogP contribution in [0.4, 0.5) is 4.39 Å². The third-order valence-electron chi connectivity index (χ3n) is 3.21. The molecule has 1 unspecified atom stereocenters. The van der Waals surface area contributed by atoms with Crippen LogP contribution in [0.2, 0.25) is 0 Å². The van der Waals surface area contributed by atoms with Crippen molar-refractivity contribution in [2.45, 2.75) is 19.9 Å². The number of halogens is 1. The molecule has 2 nitrogen and oxygen atoms in total. The van der Waals surface area contributed by atoms with Crippen LogP contribution in [-0.2, 0) is 6.54 Å². The van der Waals surface area contributed by atoms with E-state index in [1.165, 1.54) is 12.5 Å². The molecule has 1 aliphatic heterocycles. The van der Waals surface area contributed by atoms with Crippen molar-refractivity contribution in [2.75, 3.05) is 19.6 Å². The normalized spacial score (nSPS) is 19.6. The van der Waals surface area contributed by atoms with Crippen LogP contribution >= 0.6 is 0 Å². The summed E-state index contributed by atoms with van der Waals surface area (Å²) in [6.07, 6.45) is 1.23. The number of benzene rings is 1. The zero-order valence-electron chi connectivity index (χ0n) is 10.7. The Balaban J connectivity index is 2.10. The maximum atomic E-state index is 13.5. The average Bonchev–Trinajstić information content (AvgIpc) is 2.71. The van der Waals surface area contributed by atoms with Crippen LogP contribution in [-0.4, -0.2) is 24.5 Å². The van der Waals surface area contributed by atoms with Crippen molar-refractivity contribution in [3.63, 3.8) is 0 Å². The van der Waals surface area contributed by atoms with Crippen LogP contribution in [0.25, 0.3) is 0 Å². The van der Waals surface area contributed by atoms with Crippen LogP contribution in [0.1, 0.15) is 24.5 Å². The molecule has 3 heteroatoms. The van der Waals surface area contributed by atoms with Crippen molar-refractivity contribution in [3.05, 3.63) is 35.1 Å². The third kappa shape index (κ3) is 3.56. The first-order chi connectivity index (χ1) is 8.67. The molecule has 1 saturated heterocycles. The SMILES string of the molecule is CC1CCN(Cc2cc(F)cc(C#CCN)c2)C1. The summed E-state index contributed by atoms with van der Waals surface area (Å²) in [7, 11) is 0. The maximum Gasteiger partial charge on any atom is 0.124 e.